The Balaban J connectivity index is 1.94. The van der Waals surface area contributed by atoms with Gasteiger partial charge in [0, 0.05) is 11.3 Å². The first-order valence-electron chi connectivity index (χ1n) is 6.12. The van der Waals surface area contributed by atoms with E-state index in [1.807, 2.05) is 39.0 Å². The summed E-state index contributed by atoms with van der Waals surface area (Å²) in [5.74, 6) is 1.65. The van der Waals surface area contributed by atoms with E-state index in [9.17, 15) is 4.79 Å². The van der Waals surface area contributed by atoms with Gasteiger partial charge in [-0.1, -0.05) is 18.2 Å². The van der Waals surface area contributed by atoms with E-state index in [4.69, 9.17) is 9.15 Å². The summed E-state index contributed by atoms with van der Waals surface area (Å²) in [6, 6.07) is 9.20. The zero-order valence-corrected chi connectivity index (χ0v) is 11.3. The Morgan fingerprint density at radius 2 is 1.84 bits per heavy atom. The molecule has 1 aromatic carbocycles. The predicted molar refractivity (Wildman–Crippen MR) is 73.2 cm³/mol. The second-order valence-corrected chi connectivity index (χ2v) is 4.39. The molecule has 2 rings (SSSR count). The first kappa shape index (κ1) is 13.2. The van der Waals surface area contributed by atoms with Crippen molar-refractivity contribution in [3.05, 3.63) is 53.0 Å². The van der Waals surface area contributed by atoms with Crippen molar-refractivity contribution in [3.8, 4) is 0 Å². The fraction of sp³-hybridized carbons (Fsp3) is 0.267. The zero-order chi connectivity index (χ0) is 13.8. The monoisotopic (exact) mass is 259 g/mol. The van der Waals surface area contributed by atoms with Crippen LogP contribution in [0.1, 0.15) is 22.6 Å². The van der Waals surface area contributed by atoms with Crippen molar-refractivity contribution in [1.29, 1.82) is 0 Å². The molecule has 0 radical (unpaired) electrons. The number of nitrogens with one attached hydrogen (secondary N) is 1. The molecule has 4 heteroatoms. The molecule has 0 saturated heterocycles. The van der Waals surface area contributed by atoms with Gasteiger partial charge < -0.3 is 9.15 Å². The number of aryl methyl sites for hydroxylation is 2. The molecule has 0 unspecified atom stereocenters. The van der Waals surface area contributed by atoms with Crippen molar-refractivity contribution >= 4 is 11.8 Å². The number of amides is 1. The van der Waals surface area contributed by atoms with Crippen LogP contribution in [0.3, 0.4) is 0 Å². The van der Waals surface area contributed by atoms with Crippen molar-refractivity contribution < 1.29 is 13.9 Å². The van der Waals surface area contributed by atoms with Crippen LogP contribution in [0, 0.1) is 20.8 Å². The molecule has 1 aromatic heterocycles. The number of carbonyl (C=O) groups excluding carboxylic acids is 1. The van der Waals surface area contributed by atoms with E-state index in [1.54, 1.807) is 12.1 Å². The molecule has 1 heterocycles. The molecule has 100 valence electrons. The number of benzene rings is 1. The summed E-state index contributed by atoms with van der Waals surface area (Å²) in [4.78, 5) is 11.7. The van der Waals surface area contributed by atoms with Gasteiger partial charge in [-0.15, -0.1) is 0 Å². The lowest BCUT2D eigenvalue weighted by atomic mass is 10.1. The molecule has 0 fully saturated rings. The molecule has 0 aliphatic heterocycles. The van der Waals surface area contributed by atoms with Crippen molar-refractivity contribution in [1.82, 2.24) is 0 Å². The van der Waals surface area contributed by atoms with Gasteiger partial charge >= 0.3 is 6.09 Å². The third-order valence-electron chi connectivity index (χ3n) is 3.08. The highest BCUT2D eigenvalue weighted by atomic mass is 16.5. The SMILES string of the molecule is Cc1oc(C)c(COC(=O)Nc2ccccc2)c1C. The van der Waals surface area contributed by atoms with E-state index in [1.165, 1.54) is 0 Å². The number of carbonyl (C=O) groups is 1. The summed E-state index contributed by atoms with van der Waals surface area (Å²) in [6.07, 6.45) is -0.469. The van der Waals surface area contributed by atoms with E-state index in [0.29, 0.717) is 5.69 Å². The van der Waals surface area contributed by atoms with E-state index < -0.39 is 6.09 Å². The number of hydrogen-bond donors (Lipinski definition) is 1. The van der Waals surface area contributed by atoms with Crippen LogP contribution in [0.5, 0.6) is 0 Å². The summed E-state index contributed by atoms with van der Waals surface area (Å²) in [5.41, 5.74) is 2.68. The molecule has 0 spiro atoms. The Bertz CT molecular complexity index is 573. The predicted octanol–water partition coefficient (Wildman–Crippen LogP) is 3.95. The van der Waals surface area contributed by atoms with Crippen LogP contribution in [0.2, 0.25) is 0 Å². The van der Waals surface area contributed by atoms with Crippen LogP contribution in [0.25, 0.3) is 0 Å². The van der Waals surface area contributed by atoms with Crippen molar-refractivity contribution in [3.63, 3.8) is 0 Å². The summed E-state index contributed by atoms with van der Waals surface area (Å²) >= 11 is 0. The summed E-state index contributed by atoms with van der Waals surface area (Å²) in [7, 11) is 0. The smallest absolute Gasteiger partial charge is 0.411 e. The molecular weight excluding hydrogens is 242 g/mol. The quantitative estimate of drug-likeness (QED) is 0.907. The topological polar surface area (TPSA) is 51.5 Å². The summed E-state index contributed by atoms with van der Waals surface area (Å²) in [6.45, 7) is 5.94. The van der Waals surface area contributed by atoms with Gasteiger partial charge in [0.05, 0.1) is 0 Å². The minimum Gasteiger partial charge on any atom is -0.466 e. The van der Waals surface area contributed by atoms with E-state index in [2.05, 4.69) is 5.32 Å². The van der Waals surface area contributed by atoms with Crippen LogP contribution in [-0.2, 0) is 11.3 Å². The summed E-state index contributed by atoms with van der Waals surface area (Å²) in [5, 5.41) is 2.67. The lowest BCUT2D eigenvalue weighted by molar-refractivity contribution is 0.154. The number of para-hydroxylation sites is 1. The molecular formula is C15H17NO3. The van der Waals surface area contributed by atoms with Crippen molar-refractivity contribution in [2.75, 3.05) is 5.32 Å². The normalized spacial score (nSPS) is 10.3. The molecule has 1 amide bonds. The van der Waals surface area contributed by atoms with Gasteiger partial charge in [-0.05, 0) is 38.5 Å². The minimum absolute atomic E-state index is 0.216. The number of anilines is 1. The lowest BCUT2D eigenvalue weighted by Gasteiger charge is -2.07. The Morgan fingerprint density at radius 1 is 1.16 bits per heavy atom. The standard InChI is InChI=1S/C15H17NO3/c1-10-11(2)19-12(3)14(10)9-18-15(17)16-13-7-5-4-6-8-13/h4-8H,9H2,1-3H3,(H,16,17). The first-order valence-corrected chi connectivity index (χ1v) is 6.12. The molecule has 0 aliphatic carbocycles. The second kappa shape index (κ2) is 5.61. The second-order valence-electron chi connectivity index (χ2n) is 4.39. The fourth-order valence-electron chi connectivity index (χ4n) is 1.87. The fourth-order valence-corrected chi connectivity index (χ4v) is 1.87. The Kier molecular flexibility index (Phi) is 3.90. The van der Waals surface area contributed by atoms with Crippen LogP contribution >= 0.6 is 0 Å². The molecule has 1 N–H and O–H groups in total. The van der Waals surface area contributed by atoms with Gasteiger partial charge in [-0.2, -0.15) is 0 Å². The maximum absolute atomic E-state index is 11.7. The van der Waals surface area contributed by atoms with Crippen LogP contribution < -0.4 is 5.32 Å². The van der Waals surface area contributed by atoms with Gasteiger partial charge in [-0.25, -0.2) is 4.79 Å². The van der Waals surface area contributed by atoms with Gasteiger partial charge in [0.25, 0.3) is 0 Å². The van der Waals surface area contributed by atoms with E-state index >= 15 is 0 Å². The van der Waals surface area contributed by atoms with E-state index in [-0.39, 0.29) is 6.61 Å². The Hall–Kier alpha value is -2.23. The molecule has 0 saturated carbocycles. The number of hydrogen-bond acceptors (Lipinski definition) is 3. The van der Waals surface area contributed by atoms with Crippen LogP contribution in [0.4, 0.5) is 10.5 Å². The third-order valence-corrected chi connectivity index (χ3v) is 3.08. The maximum Gasteiger partial charge on any atom is 0.411 e. The van der Waals surface area contributed by atoms with E-state index in [0.717, 1.165) is 22.6 Å². The lowest BCUT2D eigenvalue weighted by Crippen LogP contribution is -2.13. The van der Waals surface area contributed by atoms with Gasteiger partial charge in [-0.3, -0.25) is 5.32 Å². The average Bonchev–Trinajstić information content (AvgIpc) is 2.62. The highest BCUT2D eigenvalue weighted by Gasteiger charge is 2.13. The number of furan rings is 1. The molecule has 0 aliphatic rings. The third kappa shape index (κ3) is 3.16. The average molecular weight is 259 g/mol. The van der Waals surface area contributed by atoms with Crippen LogP contribution in [0.15, 0.2) is 34.7 Å². The highest BCUT2D eigenvalue weighted by molar-refractivity contribution is 5.84. The molecule has 0 bridgehead atoms. The van der Waals surface area contributed by atoms with Gasteiger partial charge in [0.1, 0.15) is 18.1 Å². The largest absolute Gasteiger partial charge is 0.466 e. The summed E-state index contributed by atoms with van der Waals surface area (Å²) < 4.78 is 10.7. The number of ether oxygens (including phenoxy) is 1. The van der Waals surface area contributed by atoms with Gasteiger partial charge in [0.15, 0.2) is 0 Å². The Morgan fingerprint density at radius 3 is 2.42 bits per heavy atom. The van der Waals surface area contributed by atoms with Gasteiger partial charge in [0.2, 0.25) is 0 Å². The highest BCUT2D eigenvalue weighted by Crippen LogP contribution is 2.21. The zero-order valence-electron chi connectivity index (χ0n) is 11.3. The van der Waals surface area contributed by atoms with Crippen molar-refractivity contribution in [2.45, 2.75) is 27.4 Å². The Labute approximate surface area is 112 Å². The first-order chi connectivity index (χ1) is 9.08. The minimum atomic E-state index is -0.469. The van der Waals surface area contributed by atoms with Crippen LogP contribution in [-0.4, -0.2) is 6.09 Å². The van der Waals surface area contributed by atoms with Crippen molar-refractivity contribution in [2.24, 2.45) is 0 Å². The molecule has 0 atom stereocenters. The maximum atomic E-state index is 11.7. The molecule has 19 heavy (non-hydrogen) atoms. The molecule has 4 nitrogen and oxygen atoms in total. The number of rotatable bonds is 3. The molecule has 2 aromatic rings.